The number of rotatable bonds is 4. The van der Waals surface area contributed by atoms with Gasteiger partial charge in [-0.3, -0.25) is 0 Å². The lowest BCUT2D eigenvalue weighted by atomic mass is 10.2. The molecular weight excluding hydrogens is 281 g/mol. The second-order valence-corrected chi connectivity index (χ2v) is 5.19. The van der Waals surface area contributed by atoms with Gasteiger partial charge in [-0.1, -0.05) is 23.2 Å². The molecule has 0 saturated heterocycles. The lowest BCUT2D eigenvalue weighted by Crippen LogP contribution is -2.00. The highest BCUT2D eigenvalue weighted by Gasteiger charge is 2.01. The van der Waals surface area contributed by atoms with Crippen molar-refractivity contribution < 1.29 is 4.74 Å². The Labute approximate surface area is 123 Å². The van der Waals surface area contributed by atoms with Crippen LogP contribution in [0.2, 0.25) is 10.0 Å². The highest BCUT2D eigenvalue weighted by Crippen LogP contribution is 2.23. The van der Waals surface area contributed by atoms with E-state index in [1.54, 1.807) is 13.2 Å². The molecule has 0 aromatic heterocycles. The van der Waals surface area contributed by atoms with E-state index in [1.165, 1.54) is 0 Å². The molecule has 0 bridgehead atoms. The summed E-state index contributed by atoms with van der Waals surface area (Å²) in [4.78, 5) is 0. The summed E-state index contributed by atoms with van der Waals surface area (Å²) in [5, 5.41) is 4.63. The lowest BCUT2D eigenvalue weighted by Gasteiger charge is -2.10. The number of hydrogen-bond donors (Lipinski definition) is 1. The topological polar surface area (TPSA) is 21.3 Å². The van der Waals surface area contributed by atoms with Crippen LogP contribution in [0.15, 0.2) is 36.4 Å². The van der Waals surface area contributed by atoms with E-state index in [4.69, 9.17) is 27.9 Å². The van der Waals surface area contributed by atoms with E-state index in [0.29, 0.717) is 16.6 Å². The third kappa shape index (κ3) is 3.79. The summed E-state index contributed by atoms with van der Waals surface area (Å²) in [5.41, 5.74) is 3.18. The quantitative estimate of drug-likeness (QED) is 0.864. The van der Waals surface area contributed by atoms with Crippen LogP contribution in [0, 0.1) is 6.92 Å². The minimum atomic E-state index is 0.648. The zero-order chi connectivity index (χ0) is 13.8. The summed E-state index contributed by atoms with van der Waals surface area (Å²) in [6.45, 7) is 2.69. The van der Waals surface area contributed by atoms with Crippen molar-refractivity contribution in [2.45, 2.75) is 13.5 Å². The van der Waals surface area contributed by atoms with Gasteiger partial charge in [0, 0.05) is 22.3 Å². The van der Waals surface area contributed by atoms with Crippen molar-refractivity contribution in [3.63, 3.8) is 0 Å². The number of methoxy groups -OCH3 is 1. The Morgan fingerprint density at radius 3 is 2.32 bits per heavy atom. The molecule has 0 aliphatic carbocycles. The van der Waals surface area contributed by atoms with Gasteiger partial charge in [-0.25, -0.2) is 0 Å². The summed E-state index contributed by atoms with van der Waals surface area (Å²) >= 11 is 11.9. The number of anilines is 1. The maximum atomic E-state index is 5.97. The highest BCUT2D eigenvalue weighted by molar-refractivity contribution is 6.34. The van der Waals surface area contributed by atoms with Gasteiger partial charge in [-0.2, -0.15) is 0 Å². The fourth-order valence-corrected chi connectivity index (χ4v) is 2.48. The fraction of sp³-hybridized carbons (Fsp3) is 0.200. The molecule has 0 aliphatic heterocycles. The van der Waals surface area contributed by atoms with Crippen molar-refractivity contribution in [3.8, 4) is 5.75 Å². The van der Waals surface area contributed by atoms with Gasteiger partial charge < -0.3 is 10.1 Å². The Balaban J connectivity index is 2.08. The molecule has 0 amide bonds. The Bertz CT molecular complexity index is 564. The maximum Gasteiger partial charge on any atom is 0.121 e. The summed E-state index contributed by atoms with van der Waals surface area (Å²) in [5.74, 6) is 0.886. The van der Waals surface area contributed by atoms with E-state index in [0.717, 1.165) is 22.6 Å². The third-order valence-corrected chi connectivity index (χ3v) is 3.25. The summed E-state index contributed by atoms with van der Waals surface area (Å²) < 4.78 is 5.23. The average Bonchev–Trinajstić information content (AvgIpc) is 2.35. The molecule has 0 radical (unpaired) electrons. The summed E-state index contributed by atoms with van der Waals surface area (Å²) in [7, 11) is 1.67. The number of hydrogen-bond acceptors (Lipinski definition) is 2. The average molecular weight is 296 g/mol. The van der Waals surface area contributed by atoms with Gasteiger partial charge >= 0.3 is 0 Å². The van der Waals surface area contributed by atoms with Gasteiger partial charge in [0.1, 0.15) is 5.75 Å². The van der Waals surface area contributed by atoms with E-state index in [2.05, 4.69) is 5.32 Å². The van der Waals surface area contributed by atoms with Crippen molar-refractivity contribution in [2.75, 3.05) is 12.4 Å². The van der Waals surface area contributed by atoms with E-state index in [-0.39, 0.29) is 0 Å². The molecule has 0 atom stereocenters. The van der Waals surface area contributed by atoms with Crippen molar-refractivity contribution in [1.29, 1.82) is 0 Å². The molecule has 0 spiro atoms. The smallest absolute Gasteiger partial charge is 0.121 e. The Morgan fingerprint density at radius 2 is 1.74 bits per heavy atom. The van der Waals surface area contributed by atoms with Gasteiger partial charge in [0.15, 0.2) is 0 Å². The van der Waals surface area contributed by atoms with Gasteiger partial charge in [0.05, 0.1) is 7.11 Å². The van der Waals surface area contributed by atoms with Crippen LogP contribution in [0.3, 0.4) is 0 Å². The predicted octanol–water partition coefficient (Wildman–Crippen LogP) is 4.92. The minimum absolute atomic E-state index is 0.648. The first-order chi connectivity index (χ1) is 9.08. The molecule has 0 heterocycles. The van der Waals surface area contributed by atoms with Crippen molar-refractivity contribution in [2.24, 2.45) is 0 Å². The van der Waals surface area contributed by atoms with Gasteiger partial charge in [0.25, 0.3) is 0 Å². The van der Waals surface area contributed by atoms with E-state index in [9.17, 15) is 0 Å². The third-order valence-electron chi connectivity index (χ3n) is 2.81. The Kier molecular flexibility index (Phi) is 4.56. The molecule has 2 aromatic carbocycles. The van der Waals surface area contributed by atoms with Crippen LogP contribution in [-0.4, -0.2) is 7.11 Å². The zero-order valence-electron chi connectivity index (χ0n) is 10.8. The first-order valence-corrected chi connectivity index (χ1v) is 6.67. The van der Waals surface area contributed by atoms with Crippen LogP contribution < -0.4 is 10.1 Å². The second kappa shape index (κ2) is 6.18. The molecule has 2 nitrogen and oxygen atoms in total. The lowest BCUT2D eigenvalue weighted by molar-refractivity contribution is 0.412. The number of benzene rings is 2. The van der Waals surface area contributed by atoms with Crippen LogP contribution in [0.4, 0.5) is 5.69 Å². The molecule has 4 heteroatoms. The Hall–Kier alpha value is -1.38. The highest BCUT2D eigenvalue weighted by atomic mass is 35.5. The zero-order valence-corrected chi connectivity index (χ0v) is 12.3. The van der Waals surface area contributed by atoms with Crippen molar-refractivity contribution in [1.82, 2.24) is 0 Å². The molecular formula is C15H15Cl2NO. The van der Waals surface area contributed by atoms with E-state index >= 15 is 0 Å². The first-order valence-electron chi connectivity index (χ1n) is 5.92. The molecule has 1 N–H and O–H groups in total. The standard InChI is InChI=1S/C15H15Cl2NO/c1-10-5-14(3-4-15(10)19-2)18-9-11-6-12(16)8-13(17)7-11/h3-8,18H,9H2,1-2H3. The van der Waals surface area contributed by atoms with Crippen LogP contribution in [-0.2, 0) is 6.54 Å². The minimum Gasteiger partial charge on any atom is -0.496 e. The van der Waals surface area contributed by atoms with Gasteiger partial charge in [-0.15, -0.1) is 0 Å². The largest absolute Gasteiger partial charge is 0.496 e. The number of nitrogens with one attached hydrogen (secondary N) is 1. The van der Waals surface area contributed by atoms with Gasteiger partial charge in [-0.05, 0) is 54.4 Å². The first kappa shape index (κ1) is 14.0. The van der Waals surface area contributed by atoms with Gasteiger partial charge in [0.2, 0.25) is 0 Å². The molecule has 19 heavy (non-hydrogen) atoms. The van der Waals surface area contributed by atoms with Crippen LogP contribution >= 0.6 is 23.2 Å². The molecule has 0 saturated carbocycles. The monoisotopic (exact) mass is 295 g/mol. The number of ether oxygens (including phenoxy) is 1. The fourth-order valence-electron chi connectivity index (χ4n) is 1.91. The van der Waals surface area contributed by atoms with Crippen molar-refractivity contribution >= 4 is 28.9 Å². The van der Waals surface area contributed by atoms with E-state index < -0.39 is 0 Å². The molecule has 0 unspecified atom stereocenters. The van der Waals surface area contributed by atoms with Crippen LogP contribution in [0.5, 0.6) is 5.75 Å². The predicted molar refractivity (Wildman–Crippen MR) is 81.5 cm³/mol. The number of halogens is 2. The molecule has 2 rings (SSSR count). The second-order valence-electron chi connectivity index (χ2n) is 4.32. The molecule has 0 fully saturated rings. The molecule has 2 aromatic rings. The maximum absolute atomic E-state index is 5.97. The van der Waals surface area contributed by atoms with Crippen LogP contribution in [0.1, 0.15) is 11.1 Å². The Morgan fingerprint density at radius 1 is 1.05 bits per heavy atom. The molecule has 100 valence electrons. The van der Waals surface area contributed by atoms with E-state index in [1.807, 2.05) is 37.3 Å². The number of aryl methyl sites for hydroxylation is 1. The SMILES string of the molecule is COc1ccc(NCc2cc(Cl)cc(Cl)c2)cc1C. The van der Waals surface area contributed by atoms with Crippen LogP contribution in [0.25, 0.3) is 0 Å². The summed E-state index contributed by atoms with van der Waals surface area (Å²) in [6.07, 6.45) is 0. The van der Waals surface area contributed by atoms with Crippen molar-refractivity contribution in [3.05, 3.63) is 57.6 Å². The normalized spacial score (nSPS) is 10.3. The molecule has 0 aliphatic rings. The summed E-state index contributed by atoms with van der Waals surface area (Å²) in [6, 6.07) is 11.5.